The number of hydrogen-bond acceptors (Lipinski definition) is 21. The summed E-state index contributed by atoms with van der Waals surface area (Å²) in [7, 11) is 0. The average molecular weight is 1170 g/mol. The van der Waals surface area contributed by atoms with Crippen molar-refractivity contribution in [1.29, 1.82) is 5.26 Å². The zero-order valence-corrected chi connectivity index (χ0v) is 46.6. The van der Waals surface area contributed by atoms with Gasteiger partial charge in [0.15, 0.2) is 5.65 Å². The van der Waals surface area contributed by atoms with Gasteiger partial charge in [-0.1, -0.05) is 35.6 Å². The lowest BCUT2D eigenvalue weighted by molar-refractivity contribution is -0.136. The van der Waals surface area contributed by atoms with Gasteiger partial charge < -0.3 is 53.8 Å². The highest BCUT2D eigenvalue weighted by molar-refractivity contribution is 6.24. The van der Waals surface area contributed by atoms with Crippen LogP contribution in [0.5, 0.6) is 17.2 Å². The number of carbonyl (C=O) groups excluding carboxylic acids is 6. The number of rotatable bonds is 31. The minimum absolute atomic E-state index is 0.00227. The van der Waals surface area contributed by atoms with Gasteiger partial charge in [0.1, 0.15) is 66.0 Å². The average Bonchev–Trinajstić information content (AvgIpc) is 2.67. The highest BCUT2D eigenvalue weighted by Crippen LogP contribution is 2.36. The van der Waals surface area contributed by atoms with Crippen molar-refractivity contribution in [2.24, 2.45) is 0 Å². The van der Waals surface area contributed by atoms with Crippen molar-refractivity contribution >= 4 is 52.5 Å². The predicted octanol–water partition coefficient (Wildman–Crippen LogP) is 3.99. The minimum Gasteiger partial charge on any atom is -0.491 e. The predicted molar refractivity (Wildman–Crippen MR) is 301 cm³/mol. The molecule has 6 heterocycles. The number of allylic oxidation sites excluding steroid dienone is 1. The highest BCUT2D eigenvalue weighted by atomic mass is 16.6. The van der Waals surface area contributed by atoms with Gasteiger partial charge in [0.05, 0.1) is 107 Å². The fourth-order valence-electron chi connectivity index (χ4n) is 9.68. The third-order valence-electron chi connectivity index (χ3n) is 13.8. The van der Waals surface area contributed by atoms with E-state index in [1.165, 1.54) is 18.5 Å². The Labute approximate surface area is 488 Å². The number of alkyl carbamates (subject to hydrolysis) is 1. The summed E-state index contributed by atoms with van der Waals surface area (Å²) in [5, 5.41) is 28.8. The number of nitrogens with one attached hydrogen (secondary N) is 2. The van der Waals surface area contributed by atoms with E-state index in [1.54, 1.807) is 21.7 Å². The second-order valence-electron chi connectivity index (χ2n) is 19.6. The molecule has 0 spiro atoms. The number of piperidine rings is 2. The number of hydrogen-bond donors (Lipinski definition) is 3. The summed E-state index contributed by atoms with van der Waals surface area (Å²) < 4.78 is 48.0. The molecular formula is C58H65N13O14. The molecule has 0 radical (unpaired) electrons. The number of aromatic nitrogens is 7. The fraction of sp³-hybridized carbons (Fsp3) is 0.414. The second-order valence-corrected chi connectivity index (χ2v) is 19.6. The van der Waals surface area contributed by atoms with Crippen LogP contribution >= 0.6 is 0 Å². The molecule has 6 aromatic rings. The van der Waals surface area contributed by atoms with E-state index in [9.17, 15) is 34.0 Å². The number of ether oxygens (including phenoxy) is 8. The SMILES string of the molecule is N#CC(=CCCc1cn(CCOCCOCCOCCOCCOCCOC(=O)NCCOc2cccc3c2C(=O)N(C2CCC(=O)NC2=O)C3=O)nn1)C(=O)N1CCCC(n2nc(-c3ccc(Oc4ccccc4)cc3)c3c(N)ncnc32)C1. The molecule has 2 atom stereocenters. The molecule has 2 saturated heterocycles. The number of nitrogens with two attached hydrogens (primary N) is 1. The third-order valence-corrected chi connectivity index (χ3v) is 13.8. The van der Waals surface area contributed by atoms with Crippen LogP contribution < -0.4 is 25.8 Å². The van der Waals surface area contributed by atoms with Crippen molar-refractivity contribution in [2.75, 3.05) is 105 Å². The Kier molecular flexibility index (Phi) is 21.6. The molecule has 85 heavy (non-hydrogen) atoms. The first kappa shape index (κ1) is 60.4. The zero-order chi connectivity index (χ0) is 59.3. The molecular weight excluding hydrogens is 1100 g/mol. The molecule has 4 N–H and O–H groups in total. The maximum atomic E-state index is 13.8. The molecule has 6 amide bonds. The summed E-state index contributed by atoms with van der Waals surface area (Å²) in [6.07, 6.45) is 6.59. The molecule has 3 aromatic carbocycles. The highest BCUT2D eigenvalue weighted by Gasteiger charge is 2.46. The molecule has 0 bridgehead atoms. The summed E-state index contributed by atoms with van der Waals surface area (Å²) in [5.41, 5.74) is 9.30. The number of carbonyl (C=O) groups is 6. The van der Waals surface area contributed by atoms with E-state index in [1.807, 2.05) is 65.5 Å². The molecule has 446 valence electrons. The first-order chi connectivity index (χ1) is 41.6. The number of amides is 6. The number of para-hydroxylation sites is 1. The fourth-order valence-corrected chi connectivity index (χ4v) is 9.68. The number of aryl methyl sites for hydroxylation is 1. The van der Waals surface area contributed by atoms with E-state index >= 15 is 0 Å². The standard InChI is InChI=1S/C58H65N13O14/c59-35-40(55(74)68-21-6-9-42(37-68)71-53-50(52(60)62-38-63-53)51(66-71)39-14-16-44(17-15-39)85-43-10-2-1-3-11-43)7-4-8-41-36-69(67-65-41)22-24-78-25-26-79-27-28-80-29-30-81-31-32-82-33-34-84-58(77)61-20-23-83-47-13-5-12-45-49(47)57(76)70(56(45)75)46-18-19-48(72)64-54(46)73/h1-3,5,7,10-17,36,38,42,46H,4,6,8-9,18-34,37H2,(H,61,77)(H2,60,62,63)(H,64,72,73). The quantitative estimate of drug-likeness (QED) is 0.0240. The molecule has 3 aliphatic heterocycles. The Morgan fingerprint density at radius 1 is 0.800 bits per heavy atom. The van der Waals surface area contributed by atoms with Crippen LogP contribution in [0.25, 0.3) is 22.3 Å². The molecule has 2 unspecified atom stereocenters. The normalized spacial score (nSPS) is 16.1. The molecule has 3 aliphatic rings. The lowest BCUT2D eigenvalue weighted by atomic mass is 10.0. The molecule has 9 rings (SSSR count). The largest absolute Gasteiger partial charge is 0.491 e. The maximum Gasteiger partial charge on any atom is 0.407 e. The molecule has 27 heteroatoms. The van der Waals surface area contributed by atoms with Crippen molar-refractivity contribution in [2.45, 2.75) is 57.2 Å². The van der Waals surface area contributed by atoms with Gasteiger partial charge in [-0.05, 0) is 80.6 Å². The Morgan fingerprint density at radius 2 is 1.51 bits per heavy atom. The van der Waals surface area contributed by atoms with E-state index in [2.05, 4.69) is 37.0 Å². The minimum atomic E-state index is -1.10. The lowest BCUT2D eigenvalue weighted by Gasteiger charge is -2.32. The number of imide groups is 2. The summed E-state index contributed by atoms with van der Waals surface area (Å²) in [4.78, 5) is 87.4. The van der Waals surface area contributed by atoms with Gasteiger partial charge in [0.2, 0.25) is 11.8 Å². The van der Waals surface area contributed by atoms with Crippen LogP contribution in [0.3, 0.4) is 0 Å². The molecule has 0 aliphatic carbocycles. The Morgan fingerprint density at radius 3 is 2.22 bits per heavy atom. The van der Waals surface area contributed by atoms with E-state index in [0.717, 1.165) is 28.3 Å². The number of nitrogens with zero attached hydrogens (tertiary/aromatic N) is 10. The van der Waals surface area contributed by atoms with Crippen molar-refractivity contribution in [3.05, 3.63) is 114 Å². The zero-order valence-electron chi connectivity index (χ0n) is 46.6. The van der Waals surface area contributed by atoms with Crippen LogP contribution in [-0.2, 0) is 55.8 Å². The van der Waals surface area contributed by atoms with Crippen molar-refractivity contribution < 1.29 is 66.7 Å². The maximum absolute atomic E-state index is 13.8. The lowest BCUT2D eigenvalue weighted by Crippen LogP contribution is -2.54. The Balaban J connectivity index is 0.568. The van der Waals surface area contributed by atoms with Gasteiger partial charge in [-0.2, -0.15) is 10.4 Å². The first-order valence-corrected chi connectivity index (χ1v) is 27.9. The van der Waals surface area contributed by atoms with Crippen LogP contribution in [0.2, 0.25) is 0 Å². The van der Waals surface area contributed by atoms with Crippen LogP contribution in [0.4, 0.5) is 10.6 Å². The topological polar surface area (TPSA) is 331 Å². The first-order valence-electron chi connectivity index (χ1n) is 27.9. The van der Waals surface area contributed by atoms with Gasteiger partial charge >= 0.3 is 6.09 Å². The molecule has 2 fully saturated rings. The number of nitrogen functional groups attached to an aromatic ring is 1. The van der Waals surface area contributed by atoms with Gasteiger partial charge in [-0.3, -0.25) is 34.2 Å². The second kappa shape index (κ2) is 30.4. The molecule has 3 aromatic heterocycles. The van der Waals surface area contributed by atoms with Crippen molar-refractivity contribution in [3.63, 3.8) is 0 Å². The number of benzene rings is 3. The third kappa shape index (κ3) is 16.1. The number of fused-ring (bicyclic) bond motifs is 2. The summed E-state index contributed by atoms with van der Waals surface area (Å²) in [6.45, 7) is 4.71. The number of anilines is 1. The Hall–Kier alpha value is -9.20. The number of likely N-dealkylation sites (tertiary alicyclic amines) is 1. The number of nitriles is 1. The van der Waals surface area contributed by atoms with Gasteiger partial charge in [0, 0.05) is 31.3 Å². The molecule has 27 nitrogen and oxygen atoms in total. The van der Waals surface area contributed by atoms with Gasteiger partial charge in [-0.25, -0.2) is 24.1 Å². The van der Waals surface area contributed by atoms with Gasteiger partial charge in [0.25, 0.3) is 17.7 Å². The summed E-state index contributed by atoms with van der Waals surface area (Å²) in [5.74, 6) is -1.03. The van der Waals surface area contributed by atoms with E-state index < -0.39 is 35.8 Å². The van der Waals surface area contributed by atoms with Crippen molar-refractivity contribution in [3.8, 4) is 34.6 Å². The van der Waals surface area contributed by atoms with Crippen LogP contribution in [-0.4, -0.2) is 185 Å². The summed E-state index contributed by atoms with van der Waals surface area (Å²) >= 11 is 0. The smallest absolute Gasteiger partial charge is 0.407 e. The van der Waals surface area contributed by atoms with Crippen LogP contribution in [0.1, 0.15) is 64.6 Å². The van der Waals surface area contributed by atoms with Crippen LogP contribution in [0.15, 0.2) is 97.0 Å². The van der Waals surface area contributed by atoms with Crippen LogP contribution in [0, 0.1) is 11.3 Å². The monoisotopic (exact) mass is 1170 g/mol. The van der Waals surface area contributed by atoms with E-state index in [0.29, 0.717) is 120 Å². The molecule has 0 saturated carbocycles. The van der Waals surface area contributed by atoms with Gasteiger partial charge in [-0.15, -0.1) is 5.10 Å². The van der Waals surface area contributed by atoms with Crippen molar-refractivity contribution in [1.82, 2.24) is 55.2 Å². The van der Waals surface area contributed by atoms with E-state index in [4.69, 9.17) is 48.7 Å². The summed E-state index contributed by atoms with van der Waals surface area (Å²) in [6, 6.07) is 22.4. The Bertz CT molecular complexity index is 3370. The van der Waals surface area contributed by atoms with E-state index in [-0.39, 0.29) is 80.2 Å².